The predicted molar refractivity (Wildman–Crippen MR) is 116 cm³/mol. The molecule has 0 radical (unpaired) electrons. The predicted octanol–water partition coefficient (Wildman–Crippen LogP) is 5.78. The van der Waals surface area contributed by atoms with Gasteiger partial charge in [0.05, 0.1) is 11.1 Å². The van der Waals surface area contributed by atoms with Gasteiger partial charge in [-0.15, -0.1) is 12.4 Å². The van der Waals surface area contributed by atoms with E-state index in [4.69, 9.17) is 0 Å². The van der Waals surface area contributed by atoms with Crippen LogP contribution in [0.15, 0.2) is 48.5 Å². The van der Waals surface area contributed by atoms with Gasteiger partial charge in [0.15, 0.2) is 0 Å². The van der Waals surface area contributed by atoms with Crippen molar-refractivity contribution >= 4 is 24.1 Å². The molecule has 0 saturated carbocycles. The quantitative estimate of drug-likeness (QED) is 0.548. The molecule has 1 fully saturated rings. The van der Waals surface area contributed by atoms with Gasteiger partial charge in [-0.05, 0) is 36.7 Å². The van der Waals surface area contributed by atoms with Gasteiger partial charge in [-0.3, -0.25) is 4.90 Å². The summed E-state index contributed by atoms with van der Waals surface area (Å²) >= 11 is 0. The van der Waals surface area contributed by atoms with Crippen molar-refractivity contribution in [1.82, 2.24) is 10.2 Å². The maximum atomic E-state index is 13.2. The Morgan fingerprint density at radius 3 is 2.00 bits per heavy atom. The molecule has 1 aliphatic rings. The van der Waals surface area contributed by atoms with Crippen molar-refractivity contribution in [2.45, 2.75) is 30.7 Å². The smallest absolute Gasteiger partial charge is 0.324 e. The zero-order valence-corrected chi connectivity index (χ0v) is 18.7. The van der Waals surface area contributed by atoms with Gasteiger partial charge in [0.1, 0.15) is 0 Å². The minimum Gasteiger partial charge on any atom is -0.324 e. The highest BCUT2D eigenvalue weighted by atomic mass is 35.5. The molecule has 0 aromatic heterocycles. The van der Waals surface area contributed by atoms with E-state index in [2.05, 4.69) is 5.32 Å². The summed E-state index contributed by atoms with van der Waals surface area (Å²) in [6.45, 7) is 1.23. The van der Waals surface area contributed by atoms with Crippen LogP contribution in [0.4, 0.5) is 36.8 Å². The molecule has 11 heteroatoms. The van der Waals surface area contributed by atoms with Crippen molar-refractivity contribution in [3.63, 3.8) is 0 Å². The Balaban J connectivity index is 0.00000385. The fraction of sp³-hybridized carbons (Fsp3) is 0.409. The van der Waals surface area contributed by atoms with Crippen molar-refractivity contribution in [2.75, 3.05) is 32.1 Å². The van der Waals surface area contributed by atoms with Gasteiger partial charge in [-0.1, -0.05) is 30.3 Å². The molecule has 2 atom stereocenters. The third-order valence-corrected chi connectivity index (χ3v) is 5.72. The second kappa shape index (κ2) is 10.2. The van der Waals surface area contributed by atoms with Crippen molar-refractivity contribution in [1.29, 1.82) is 0 Å². The van der Waals surface area contributed by atoms with Gasteiger partial charge in [-0.25, -0.2) is 4.79 Å². The molecule has 0 aliphatic carbocycles. The third kappa shape index (κ3) is 6.11. The minimum atomic E-state index is -4.99. The summed E-state index contributed by atoms with van der Waals surface area (Å²) in [6, 6.07) is 9.65. The largest absolute Gasteiger partial charge is 0.416 e. The van der Waals surface area contributed by atoms with Crippen LogP contribution in [-0.4, -0.2) is 44.2 Å². The van der Waals surface area contributed by atoms with Crippen LogP contribution in [0.5, 0.6) is 0 Å². The summed E-state index contributed by atoms with van der Waals surface area (Å²) in [5.41, 5.74) is -2.41. The van der Waals surface area contributed by atoms with Gasteiger partial charge < -0.3 is 10.2 Å². The van der Waals surface area contributed by atoms with Gasteiger partial charge >= 0.3 is 18.4 Å². The molecule has 0 unspecified atom stereocenters. The lowest BCUT2D eigenvalue weighted by Gasteiger charge is -2.40. The Morgan fingerprint density at radius 2 is 1.48 bits per heavy atom. The Kier molecular flexibility index (Phi) is 8.29. The van der Waals surface area contributed by atoms with Crippen LogP contribution in [0.1, 0.15) is 29.0 Å². The van der Waals surface area contributed by atoms with E-state index < -0.39 is 35.2 Å². The Bertz CT molecular complexity index is 919. The number of hydrogen-bond acceptors (Lipinski definition) is 2. The van der Waals surface area contributed by atoms with Crippen LogP contribution < -0.4 is 10.2 Å². The number of alkyl halides is 6. The van der Waals surface area contributed by atoms with Crippen molar-refractivity contribution < 1.29 is 31.1 Å². The summed E-state index contributed by atoms with van der Waals surface area (Å²) in [4.78, 5) is 15.3. The summed E-state index contributed by atoms with van der Waals surface area (Å²) in [7, 11) is 2.69. The normalized spacial score (nSPS) is 18.9. The number of benzene rings is 2. The first kappa shape index (κ1) is 26.8. The summed E-state index contributed by atoms with van der Waals surface area (Å²) in [5.74, 6) is -0.0699. The number of amides is 2. The molecule has 0 spiro atoms. The molecule has 3 rings (SSSR count). The number of nitrogens with zero attached hydrogens (tertiary/aromatic N) is 2. The first-order valence-corrected chi connectivity index (χ1v) is 9.95. The number of urea groups is 1. The Morgan fingerprint density at radius 1 is 0.939 bits per heavy atom. The highest BCUT2D eigenvalue weighted by molar-refractivity contribution is 5.91. The molecule has 2 amide bonds. The molecule has 33 heavy (non-hydrogen) atoms. The molecule has 2 aromatic carbocycles. The minimum absolute atomic E-state index is 0. The van der Waals surface area contributed by atoms with Crippen molar-refractivity contribution in [2.24, 2.45) is 0 Å². The van der Waals surface area contributed by atoms with E-state index in [0.717, 1.165) is 10.5 Å². The zero-order valence-electron chi connectivity index (χ0n) is 17.9. The standard InChI is InChI=1S/C22H23F6N3O.ClH/c1-30(17-11-15(21(23,24)25)10-16(12-17)22(26,27)28)20(32)31(2)19-8-9-29-13-18(19)14-6-4-3-5-7-14;/h3-7,10-12,18-19,29H,8-9,13H2,1-2H3;1H/t18-,19+;/m0./s1. The van der Waals surface area contributed by atoms with Gasteiger partial charge in [0.2, 0.25) is 0 Å². The monoisotopic (exact) mass is 495 g/mol. The summed E-state index contributed by atoms with van der Waals surface area (Å²) in [6.07, 6.45) is -9.38. The van der Waals surface area contributed by atoms with Crippen LogP contribution >= 0.6 is 12.4 Å². The molecule has 2 aromatic rings. The molecule has 1 heterocycles. The van der Waals surface area contributed by atoms with E-state index >= 15 is 0 Å². The maximum absolute atomic E-state index is 13.2. The van der Waals surface area contributed by atoms with Crippen LogP contribution in [0.2, 0.25) is 0 Å². The fourth-order valence-corrected chi connectivity index (χ4v) is 3.97. The summed E-state index contributed by atoms with van der Waals surface area (Å²) < 4.78 is 79.2. The number of likely N-dealkylation sites (N-methyl/N-ethyl adjacent to an activating group) is 1. The lowest BCUT2D eigenvalue weighted by atomic mass is 9.86. The van der Waals surface area contributed by atoms with E-state index in [9.17, 15) is 31.1 Å². The number of piperidine rings is 1. The van der Waals surface area contributed by atoms with E-state index in [1.807, 2.05) is 30.3 Å². The van der Waals surface area contributed by atoms with E-state index in [1.165, 1.54) is 19.0 Å². The molecular formula is C22H24ClF6N3O. The van der Waals surface area contributed by atoms with Crippen molar-refractivity contribution in [3.05, 3.63) is 65.2 Å². The first-order valence-electron chi connectivity index (χ1n) is 9.95. The molecular weight excluding hydrogens is 472 g/mol. The second-order valence-electron chi connectivity index (χ2n) is 7.79. The van der Waals surface area contributed by atoms with E-state index in [0.29, 0.717) is 31.6 Å². The molecule has 0 bridgehead atoms. The molecule has 1 aliphatic heterocycles. The first-order chi connectivity index (χ1) is 14.9. The van der Waals surface area contributed by atoms with Crippen LogP contribution in [0.25, 0.3) is 0 Å². The topological polar surface area (TPSA) is 35.6 Å². The highest BCUT2D eigenvalue weighted by Gasteiger charge is 2.38. The fourth-order valence-electron chi connectivity index (χ4n) is 3.97. The number of carbonyl (C=O) groups excluding carboxylic acids is 1. The van der Waals surface area contributed by atoms with Gasteiger partial charge in [-0.2, -0.15) is 26.3 Å². The number of anilines is 1. The van der Waals surface area contributed by atoms with Crippen LogP contribution in [0, 0.1) is 0 Å². The Hall–Kier alpha value is -2.46. The molecule has 1 N–H and O–H groups in total. The van der Waals surface area contributed by atoms with Gasteiger partial charge in [0.25, 0.3) is 0 Å². The maximum Gasteiger partial charge on any atom is 0.416 e. The lowest BCUT2D eigenvalue weighted by Crippen LogP contribution is -2.52. The number of halogens is 7. The molecule has 182 valence electrons. The zero-order chi connectivity index (χ0) is 23.7. The SMILES string of the molecule is CN(C(=O)N(C)[C@@H]1CCNC[C@H]1c1ccccc1)c1cc(C(F)(F)F)cc(C(F)(F)F)c1.Cl. The highest BCUT2D eigenvalue weighted by Crippen LogP contribution is 2.38. The average Bonchev–Trinajstić information content (AvgIpc) is 2.76. The lowest BCUT2D eigenvalue weighted by molar-refractivity contribution is -0.143. The number of carbonyl (C=O) groups is 1. The molecule has 4 nitrogen and oxygen atoms in total. The third-order valence-electron chi connectivity index (χ3n) is 5.72. The Labute approximate surface area is 194 Å². The van der Waals surface area contributed by atoms with E-state index in [-0.39, 0.29) is 30.4 Å². The number of hydrogen-bond donors (Lipinski definition) is 1. The average molecular weight is 496 g/mol. The van der Waals surface area contributed by atoms with Crippen molar-refractivity contribution in [3.8, 4) is 0 Å². The van der Waals surface area contributed by atoms with Gasteiger partial charge in [0, 0.05) is 38.3 Å². The number of nitrogens with one attached hydrogen (secondary N) is 1. The van der Waals surface area contributed by atoms with Crippen LogP contribution in [0.3, 0.4) is 0 Å². The second-order valence-corrected chi connectivity index (χ2v) is 7.79. The summed E-state index contributed by atoms with van der Waals surface area (Å²) in [5, 5.41) is 3.26. The number of rotatable bonds is 3. The van der Waals surface area contributed by atoms with E-state index in [1.54, 1.807) is 0 Å². The van der Waals surface area contributed by atoms with Crippen LogP contribution in [-0.2, 0) is 12.4 Å². The molecule has 1 saturated heterocycles.